The normalized spacial score (nSPS) is 12.4. The summed E-state index contributed by atoms with van der Waals surface area (Å²) in [6.07, 6.45) is -0.864. The molecule has 0 saturated carbocycles. The van der Waals surface area contributed by atoms with Crippen molar-refractivity contribution in [1.82, 2.24) is 0 Å². The zero-order chi connectivity index (χ0) is 8.20. The summed E-state index contributed by atoms with van der Waals surface area (Å²) in [6.45, 7) is 1.70. The Bertz CT molecular complexity index is 175. The standard InChI is InChI=1S/C4H12N2O3S/c1-2-9-10(7,8)3-4(5)6/h4H,2-3,5-6H2,1H3. The molecule has 10 heavy (non-hydrogen) atoms. The van der Waals surface area contributed by atoms with Crippen LogP contribution in [0.5, 0.6) is 0 Å². The van der Waals surface area contributed by atoms with E-state index in [0.717, 1.165) is 0 Å². The Hall–Kier alpha value is -0.170. The highest BCUT2D eigenvalue weighted by Crippen LogP contribution is 1.91. The smallest absolute Gasteiger partial charge is 0.270 e. The van der Waals surface area contributed by atoms with E-state index < -0.39 is 16.3 Å². The van der Waals surface area contributed by atoms with E-state index in [0.29, 0.717) is 0 Å². The highest BCUT2D eigenvalue weighted by Gasteiger charge is 2.12. The van der Waals surface area contributed by atoms with E-state index in [4.69, 9.17) is 11.5 Å². The lowest BCUT2D eigenvalue weighted by Crippen LogP contribution is -2.38. The van der Waals surface area contributed by atoms with Crippen LogP contribution in [0.4, 0.5) is 0 Å². The first-order valence-electron chi connectivity index (χ1n) is 2.86. The van der Waals surface area contributed by atoms with E-state index in [2.05, 4.69) is 4.18 Å². The molecule has 0 spiro atoms. The second-order valence-electron chi connectivity index (χ2n) is 1.79. The molecule has 0 saturated heterocycles. The van der Waals surface area contributed by atoms with Crippen molar-refractivity contribution in [2.75, 3.05) is 12.4 Å². The van der Waals surface area contributed by atoms with Crippen LogP contribution >= 0.6 is 0 Å². The summed E-state index contributed by atoms with van der Waals surface area (Å²) in [5, 5.41) is 0. The predicted molar refractivity (Wildman–Crippen MR) is 37.6 cm³/mol. The molecular weight excluding hydrogens is 156 g/mol. The minimum absolute atomic E-state index is 0.120. The maximum atomic E-state index is 10.7. The van der Waals surface area contributed by atoms with Crippen LogP contribution in [0.25, 0.3) is 0 Å². The number of rotatable bonds is 4. The molecule has 0 atom stereocenters. The summed E-state index contributed by atoms with van der Waals surface area (Å²) in [4.78, 5) is 0. The van der Waals surface area contributed by atoms with E-state index in [-0.39, 0.29) is 12.4 Å². The van der Waals surface area contributed by atoms with Gasteiger partial charge in [0.2, 0.25) is 0 Å². The molecule has 0 unspecified atom stereocenters. The molecule has 0 aromatic carbocycles. The van der Waals surface area contributed by atoms with Gasteiger partial charge in [-0.15, -0.1) is 0 Å². The maximum Gasteiger partial charge on any atom is 0.270 e. The van der Waals surface area contributed by atoms with Crippen molar-refractivity contribution in [3.8, 4) is 0 Å². The third-order valence-corrected chi connectivity index (χ3v) is 2.08. The van der Waals surface area contributed by atoms with E-state index in [1.807, 2.05) is 0 Å². The average Bonchev–Trinajstić information content (AvgIpc) is 1.59. The van der Waals surface area contributed by atoms with Gasteiger partial charge in [0.15, 0.2) is 0 Å². The molecule has 0 aliphatic rings. The second-order valence-corrected chi connectivity index (χ2v) is 3.48. The van der Waals surface area contributed by atoms with E-state index in [1.54, 1.807) is 6.92 Å². The molecule has 0 aliphatic carbocycles. The lowest BCUT2D eigenvalue weighted by Gasteiger charge is -2.04. The first-order chi connectivity index (χ1) is 4.48. The van der Waals surface area contributed by atoms with Crippen molar-refractivity contribution >= 4 is 10.1 Å². The Morgan fingerprint density at radius 2 is 2.00 bits per heavy atom. The molecule has 0 fully saturated rings. The van der Waals surface area contributed by atoms with Crippen molar-refractivity contribution in [3.05, 3.63) is 0 Å². The molecule has 0 rings (SSSR count). The summed E-state index contributed by atoms with van der Waals surface area (Å²) in [7, 11) is -3.48. The molecule has 0 radical (unpaired) electrons. The van der Waals surface area contributed by atoms with Gasteiger partial charge in [-0.05, 0) is 6.92 Å². The Labute approximate surface area is 60.5 Å². The van der Waals surface area contributed by atoms with E-state index in [9.17, 15) is 8.42 Å². The Morgan fingerprint density at radius 1 is 1.50 bits per heavy atom. The molecule has 4 N–H and O–H groups in total. The van der Waals surface area contributed by atoms with Crippen LogP contribution in [0.2, 0.25) is 0 Å². The first-order valence-corrected chi connectivity index (χ1v) is 4.44. The number of hydrogen-bond acceptors (Lipinski definition) is 5. The van der Waals surface area contributed by atoms with Gasteiger partial charge in [-0.2, -0.15) is 8.42 Å². The quantitative estimate of drug-likeness (QED) is 0.397. The Morgan fingerprint density at radius 3 is 2.30 bits per heavy atom. The predicted octanol–water partition coefficient (Wildman–Crippen LogP) is -1.40. The summed E-state index contributed by atoms with van der Waals surface area (Å²) < 4.78 is 25.7. The minimum Gasteiger partial charge on any atom is -0.315 e. The molecule has 0 amide bonds. The van der Waals surface area contributed by atoms with E-state index >= 15 is 0 Å². The molecule has 0 aromatic heterocycles. The molecular formula is C4H12N2O3S. The Kier molecular flexibility index (Phi) is 3.80. The van der Waals surface area contributed by atoms with E-state index in [1.165, 1.54) is 0 Å². The molecule has 6 heteroatoms. The highest BCUT2D eigenvalue weighted by atomic mass is 32.2. The lowest BCUT2D eigenvalue weighted by atomic mass is 10.7. The molecule has 0 heterocycles. The molecule has 0 aromatic rings. The van der Waals surface area contributed by atoms with Gasteiger partial charge >= 0.3 is 0 Å². The fourth-order valence-electron chi connectivity index (χ4n) is 0.463. The maximum absolute atomic E-state index is 10.7. The molecule has 0 aliphatic heterocycles. The van der Waals surface area contributed by atoms with Crippen LogP contribution in [0.1, 0.15) is 6.92 Å². The zero-order valence-corrected chi connectivity index (χ0v) is 6.60. The fraction of sp³-hybridized carbons (Fsp3) is 1.00. The lowest BCUT2D eigenvalue weighted by molar-refractivity contribution is 0.336. The van der Waals surface area contributed by atoms with Crippen molar-refractivity contribution in [1.29, 1.82) is 0 Å². The third-order valence-electron chi connectivity index (χ3n) is 0.694. The average molecular weight is 168 g/mol. The van der Waals surface area contributed by atoms with Crippen LogP contribution < -0.4 is 11.5 Å². The van der Waals surface area contributed by atoms with Gasteiger partial charge < -0.3 is 11.5 Å². The van der Waals surface area contributed by atoms with Crippen molar-refractivity contribution in [2.24, 2.45) is 11.5 Å². The van der Waals surface area contributed by atoms with Crippen molar-refractivity contribution in [3.63, 3.8) is 0 Å². The summed E-state index contributed by atoms with van der Waals surface area (Å²) in [6, 6.07) is 0. The van der Waals surface area contributed by atoms with Crippen LogP contribution in [0.3, 0.4) is 0 Å². The summed E-state index contributed by atoms with van der Waals surface area (Å²) >= 11 is 0. The Balaban J connectivity index is 3.89. The van der Waals surface area contributed by atoms with Gasteiger partial charge in [-0.3, -0.25) is 4.18 Å². The first kappa shape index (κ1) is 9.83. The molecule has 0 bridgehead atoms. The fourth-order valence-corrected chi connectivity index (χ4v) is 1.39. The van der Waals surface area contributed by atoms with Crippen LogP contribution in [0.15, 0.2) is 0 Å². The molecule has 62 valence electrons. The van der Waals surface area contributed by atoms with Crippen molar-refractivity contribution < 1.29 is 12.6 Å². The third kappa shape index (κ3) is 4.68. The number of nitrogens with two attached hydrogens (primary N) is 2. The summed E-state index contributed by atoms with van der Waals surface area (Å²) in [5.74, 6) is -0.332. The van der Waals surface area contributed by atoms with Gasteiger partial charge in [0, 0.05) is 0 Å². The van der Waals surface area contributed by atoms with Crippen molar-refractivity contribution in [2.45, 2.75) is 13.1 Å². The van der Waals surface area contributed by atoms with Gasteiger partial charge in [-0.1, -0.05) is 0 Å². The second kappa shape index (κ2) is 3.87. The van der Waals surface area contributed by atoms with Crippen LogP contribution in [-0.2, 0) is 14.3 Å². The summed E-state index contributed by atoms with van der Waals surface area (Å²) in [5.41, 5.74) is 10.1. The van der Waals surface area contributed by atoms with Gasteiger partial charge in [0.05, 0.1) is 12.8 Å². The topological polar surface area (TPSA) is 95.4 Å². The SMILES string of the molecule is CCOS(=O)(=O)CC(N)N. The monoisotopic (exact) mass is 168 g/mol. The largest absolute Gasteiger partial charge is 0.315 e. The minimum atomic E-state index is -3.48. The van der Waals surface area contributed by atoms with Gasteiger partial charge in [0.25, 0.3) is 10.1 Å². The zero-order valence-electron chi connectivity index (χ0n) is 5.78. The van der Waals surface area contributed by atoms with Gasteiger partial charge in [0.1, 0.15) is 5.75 Å². The van der Waals surface area contributed by atoms with Crippen LogP contribution in [-0.4, -0.2) is 26.9 Å². The number of hydrogen-bond donors (Lipinski definition) is 2. The van der Waals surface area contributed by atoms with Crippen LogP contribution in [0, 0.1) is 0 Å². The molecule has 5 nitrogen and oxygen atoms in total. The van der Waals surface area contributed by atoms with Gasteiger partial charge in [-0.25, -0.2) is 0 Å². The highest BCUT2D eigenvalue weighted by molar-refractivity contribution is 7.86.